The van der Waals surface area contributed by atoms with Gasteiger partial charge in [-0.15, -0.1) is 0 Å². The Labute approximate surface area is 133 Å². The molecule has 0 aliphatic heterocycles. The lowest BCUT2D eigenvalue weighted by Crippen LogP contribution is -2.32. The van der Waals surface area contributed by atoms with E-state index in [2.05, 4.69) is 26.6 Å². The van der Waals surface area contributed by atoms with Crippen molar-refractivity contribution in [1.82, 2.24) is 0 Å². The van der Waals surface area contributed by atoms with Gasteiger partial charge in [-0.3, -0.25) is 4.79 Å². The molecule has 2 N–H and O–H groups in total. The van der Waals surface area contributed by atoms with Crippen LogP contribution in [0.4, 0.5) is 24.5 Å². The van der Waals surface area contributed by atoms with E-state index in [4.69, 9.17) is 0 Å². The van der Waals surface area contributed by atoms with Crippen molar-refractivity contribution in [3.63, 3.8) is 0 Å². The first kappa shape index (κ1) is 16.4. The highest BCUT2D eigenvalue weighted by Gasteiger charge is 2.18. The number of carbonyl (C=O) groups excluding carboxylic acids is 1. The molecule has 0 aliphatic rings. The lowest BCUT2D eigenvalue weighted by Gasteiger charge is -2.16. The Morgan fingerprint density at radius 3 is 2.55 bits per heavy atom. The average Bonchev–Trinajstić information content (AvgIpc) is 2.47. The van der Waals surface area contributed by atoms with Gasteiger partial charge in [0.25, 0.3) is 0 Å². The van der Waals surface area contributed by atoms with Crippen LogP contribution in [0.1, 0.15) is 6.92 Å². The van der Waals surface area contributed by atoms with Gasteiger partial charge in [-0.25, -0.2) is 13.2 Å². The molecule has 2 aromatic rings. The molecule has 0 saturated heterocycles. The van der Waals surface area contributed by atoms with Crippen molar-refractivity contribution < 1.29 is 18.0 Å². The van der Waals surface area contributed by atoms with Crippen molar-refractivity contribution in [3.05, 3.63) is 58.3 Å². The van der Waals surface area contributed by atoms with Gasteiger partial charge < -0.3 is 10.6 Å². The number of halogens is 4. The van der Waals surface area contributed by atoms with Gasteiger partial charge in [-0.2, -0.15) is 0 Å². The molecule has 0 aliphatic carbocycles. The van der Waals surface area contributed by atoms with E-state index in [1.54, 1.807) is 25.1 Å². The smallest absolute Gasteiger partial charge is 0.246 e. The number of nitrogens with one attached hydrogen (secondary N) is 2. The third-order valence-corrected chi connectivity index (χ3v) is 3.39. The second-order valence-electron chi connectivity index (χ2n) is 4.59. The molecule has 0 aromatic heterocycles. The lowest BCUT2D eigenvalue weighted by atomic mass is 10.2. The first-order valence-electron chi connectivity index (χ1n) is 6.35. The monoisotopic (exact) mass is 372 g/mol. The molecule has 22 heavy (non-hydrogen) atoms. The Morgan fingerprint density at radius 2 is 1.86 bits per heavy atom. The average molecular weight is 373 g/mol. The molecule has 116 valence electrons. The lowest BCUT2D eigenvalue weighted by molar-refractivity contribution is -0.116. The highest BCUT2D eigenvalue weighted by Crippen LogP contribution is 2.20. The molecular weight excluding hydrogens is 361 g/mol. The third kappa shape index (κ3) is 3.79. The molecule has 0 saturated carbocycles. The first-order valence-corrected chi connectivity index (χ1v) is 7.14. The maximum atomic E-state index is 13.5. The zero-order valence-electron chi connectivity index (χ0n) is 11.5. The van der Waals surface area contributed by atoms with E-state index < -0.39 is 35.1 Å². The van der Waals surface area contributed by atoms with Crippen LogP contribution in [-0.4, -0.2) is 11.9 Å². The van der Waals surface area contributed by atoms with E-state index in [1.807, 2.05) is 6.07 Å². The molecular formula is C15H12BrF3N2O. The summed E-state index contributed by atoms with van der Waals surface area (Å²) in [5, 5.41) is 5.13. The Morgan fingerprint density at radius 1 is 1.14 bits per heavy atom. The molecule has 0 radical (unpaired) electrons. The number of amides is 1. The van der Waals surface area contributed by atoms with Gasteiger partial charge in [-0.05, 0) is 37.3 Å². The minimum atomic E-state index is -1.62. The van der Waals surface area contributed by atoms with Crippen molar-refractivity contribution in [2.24, 2.45) is 0 Å². The molecule has 7 heteroatoms. The van der Waals surface area contributed by atoms with Gasteiger partial charge in [0, 0.05) is 10.2 Å². The number of benzene rings is 2. The van der Waals surface area contributed by atoms with E-state index in [9.17, 15) is 18.0 Å². The van der Waals surface area contributed by atoms with Gasteiger partial charge in [0.05, 0.1) is 5.69 Å². The SMILES string of the molecule is C[C@H](Nc1cccc(Br)c1)C(=O)Nc1ccc(F)c(F)c1F. The number of hydrogen-bond acceptors (Lipinski definition) is 2. The van der Waals surface area contributed by atoms with E-state index in [1.165, 1.54) is 0 Å². The Kier molecular flexibility index (Phi) is 5.07. The number of anilines is 2. The molecule has 0 spiro atoms. The fraction of sp³-hybridized carbons (Fsp3) is 0.133. The zero-order chi connectivity index (χ0) is 16.3. The van der Waals surface area contributed by atoms with Crippen LogP contribution in [0.2, 0.25) is 0 Å². The molecule has 2 rings (SSSR count). The molecule has 0 fully saturated rings. The van der Waals surface area contributed by atoms with Gasteiger partial charge in [-0.1, -0.05) is 22.0 Å². The standard InChI is InChI=1S/C15H12BrF3N2O/c1-8(20-10-4-2-3-9(16)7-10)15(22)21-12-6-5-11(17)13(18)14(12)19/h2-8,20H,1H3,(H,21,22)/t8-/m0/s1. The largest absolute Gasteiger partial charge is 0.374 e. The maximum absolute atomic E-state index is 13.5. The molecule has 2 aromatic carbocycles. The summed E-state index contributed by atoms with van der Waals surface area (Å²) >= 11 is 3.30. The molecule has 3 nitrogen and oxygen atoms in total. The maximum Gasteiger partial charge on any atom is 0.246 e. The van der Waals surface area contributed by atoms with Crippen LogP contribution in [0.25, 0.3) is 0 Å². The number of hydrogen-bond donors (Lipinski definition) is 2. The fourth-order valence-corrected chi connectivity index (χ4v) is 2.16. The van der Waals surface area contributed by atoms with Gasteiger partial charge in [0.1, 0.15) is 6.04 Å². The molecule has 1 atom stereocenters. The van der Waals surface area contributed by atoms with E-state index in [0.29, 0.717) is 5.69 Å². The summed E-state index contributed by atoms with van der Waals surface area (Å²) in [4.78, 5) is 12.0. The Hall–Kier alpha value is -2.02. The van der Waals surface area contributed by atoms with E-state index >= 15 is 0 Å². The van der Waals surface area contributed by atoms with Crippen LogP contribution < -0.4 is 10.6 Å². The van der Waals surface area contributed by atoms with Crippen LogP contribution in [0, 0.1) is 17.5 Å². The van der Waals surface area contributed by atoms with E-state index in [0.717, 1.165) is 16.6 Å². The van der Waals surface area contributed by atoms with Crippen molar-refractivity contribution in [2.45, 2.75) is 13.0 Å². The van der Waals surface area contributed by atoms with Crippen LogP contribution >= 0.6 is 15.9 Å². The van der Waals surface area contributed by atoms with Crippen LogP contribution in [0.15, 0.2) is 40.9 Å². The predicted octanol–water partition coefficient (Wildman–Crippen LogP) is 4.31. The number of carbonyl (C=O) groups is 1. The molecule has 0 heterocycles. The summed E-state index contributed by atoms with van der Waals surface area (Å²) < 4.78 is 40.3. The summed E-state index contributed by atoms with van der Waals surface area (Å²) in [7, 11) is 0. The second-order valence-corrected chi connectivity index (χ2v) is 5.50. The van der Waals surface area contributed by atoms with Gasteiger partial charge in [0.15, 0.2) is 17.5 Å². The zero-order valence-corrected chi connectivity index (χ0v) is 13.0. The van der Waals surface area contributed by atoms with Crippen LogP contribution in [-0.2, 0) is 4.79 Å². The van der Waals surface area contributed by atoms with Crippen LogP contribution in [0.3, 0.4) is 0 Å². The highest BCUT2D eigenvalue weighted by molar-refractivity contribution is 9.10. The first-order chi connectivity index (χ1) is 10.4. The molecule has 0 bridgehead atoms. The molecule has 0 unspecified atom stereocenters. The summed E-state index contributed by atoms with van der Waals surface area (Å²) in [6, 6.07) is 8.15. The van der Waals surface area contributed by atoms with Gasteiger partial charge >= 0.3 is 0 Å². The molecule has 1 amide bonds. The second kappa shape index (κ2) is 6.83. The van der Waals surface area contributed by atoms with Gasteiger partial charge in [0.2, 0.25) is 5.91 Å². The normalized spacial score (nSPS) is 11.9. The summed E-state index contributed by atoms with van der Waals surface area (Å²) in [6.45, 7) is 1.56. The van der Waals surface area contributed by atoms with Crippen molar-refractivity contribution in [3.8, 4) is 0 Å². The fourth-order valence-electron chi connectivity index (χ4n) is 1.76. The minimum absolute atomic E-state index is 0.410. The number of rotatable bonds is 4. The summed E-state index contributed by atoms with van der Waals surface area (Å²) in [5.74, 6) is -4.94. The quantitative estimate of drug-likeness (QED) is 0.785. The van der Waals surface area contributed by atoms with Crippen molar-refractivity contribution in [2.75, 3.05) is 10.6 Å². The third-order valence-electron chi connectivity index (χ3n) is 2.89. The minimum Gasteiger partial charge on any atom is -0.374 e. The van der Waals surface area contributed by atoms with Crippen molar-refractivity contribution in [1.29, 1.82) is 0 Å². The summed E-state index contributed by atoms with van der Waals surface area (Å²) in [5.41, 5.74) is 0.273. The van der Waals surface area contributed by atoms with Crippen LogP contribution in [0.5, 0.6) is 0 Å². The predicted molar refractivity (Wildman–Crippen MR) is 82.2 cm³/mol. The topological polar surface area (TPSA) is 41.1 Å². The highest BCUT2D eigenvalue weighted by atomic mass is 79.9. The van der Waals surface area contributed by atoms with Crippen molar-refractivity contribution >= 4 is 33.2 Å². The Bertz CT molecular complexity index is 709. The van der Waals surface area contributed by atoms with E-state index in [-0.39, 0.29) is 0 Å². The summed E-state index contributed by atoms with van der Waals surface area (Å²) in [6.07, 6.45) is 0. The Balaban J connectivity index is 2.07.